The fraction of sp³-hybridized carbons (Fsp3) is 0.278. The van der Waals surface area contributed by atoms with Crippen molar-refractivity contribution in [3.05, 3.63) is 65.6 Å². The third kappa shape index (κ3) is 4.26. The molecule has 1 aromatic heterocycles. The molecule has 1 saturated heterocycles. The van der Waals surface area contributed by atoms with E-state index < -0.39 is 5.97 Å². The molecule has 7 nitrogen and oxygen atoms in total. The zero-order valence-corrected chi connectivity index (χ0v) is 13.7. The third-order valence-corrected chi connectivity index (χ3v) is 4.12. The van der Waals surface area contributed by atoms with Crippen molar-refractivity contribution in [2.45, 2.75) is 0 Å². The standard InChI is InChI=1S/C18H19N3O4/c22-17(14-25-18(23)15-6-8-21(24)9-7-15)20-12-10-19(11-13-20)16-4-2-1-3-5-16/h1-9H,10-14H2. The van der Waals surface area contributed by atoms with Crippen LogP contribution in [0.3, 0.4) is 0 Å². The van der Waals surface area contributed by atoms with E-state index >= 15 is 0 Å². The van der Waals surface area contributed by atoms with Crippen molar-refractivity contribution in [3.63, 3.8) is 0 Å². The minimum absolute atomic E-state index is 0.212. The summed E-state index contributed by atoms with van der Waals surface area (Å²) >= 11 is 0. The van der Waals surface area contributed by atoms with Crippen LogP contribution in [0.4, 0.5) is 5.69 Å². The second-order valence-electron chi connectivity index (χ2n) is 5.73. The number of carbonyl (C=O) groups is 2. The zero-order chi connectivity index (χ0) is 17.6. The zero-order valence-electron chi connectivity index (χ0n) is 13.7. The number of piperazine rings is 1. The maximum atomic E-state index is 12.2. The van der Waals surface area contributed by atoms with Gasteiger partial charge in [-0.05, 0) is 12.1 Å². The van der Waals surface area contributed by atoms with Crippen LogP contribution >= 0.6 is 0 Å². The van der Waals surface area contributed by atoms with Gasteiger partial charge in [-0.1, -0.05) is 18.2 Å². The summed E-state index contributed by atoms with van der Waals surface area (Å²) in [4.78, 5) is 28.0. The summed E-state index contributed by atoms with van der Waals surface area (Å²) in [5.74, 6) is -0.826. The Labute approximate surface area is 145 Å². The van der Waals surface area contributed by atoms with Gasteiger partial charge < -0.3 is 19.7 Å². The number of hydrogen-bond donors (Lipinski definition) is 0. The summed E-state index contributed by atoms with van der Waals surface area (Å²) in [5, 5.41) is 10.9. The summed E-state index contributed by atoms with van der Waals surface area (Å²) in [6.07, 6.45) is 2.42. The highest BCUT2D eigenvalue weighted by molar-refractivity contribution is 5.91. The van der Waals surface area contributed by atoms with Gasteiger partial charge in [-0.3, -0.25) is 4.79 Å². The first-order valence-corrected chi connectivity index (χ1v) is 8.07. The first-order chi connectivity index (χ1) is 12.1. The van der Waals surface area contributed by atoms with Gasteiger partial charge in [0, 0.05) is 44.0 Å². The molecule has 1 aliphatic heterocycles. The lowest BCUT2D eigenvalue weighted by Gasteiger charge is -2.36. The van der Waals surface area contributed by atoms with Crippen LogP contribution in [-0.4, -0.2) is 49.6 Å². The maximum Gasteiger partial charge on any atom is 0.339 e. The topological polar surface area (TPSA) is 76.8 Å². The molecule has 2 aromatic rings. The third-order valence-electron chi connectivity index (χ3n) is 4.12. The summed E-state index contributed by atoms with van der Waals surface area (Å²) in [5.41, 5.74) is 1.38. The number of aromatic nitrogens is 1. The van der Waals surface area contributed by atoms with E-state index in [0.29, 0.717) is 17.8 Å². The number of amides is 1. The number of pyridine rings is 1. The number of benzene rings is 1. The van der Waals surface area contributed by atoms with Crippen LogP contribution in [0.5, 0.6) is 0 Å². The number of rotatable bonds is 4. The second-order valence-corrected chi connectivity index (χ2v) is 5.73. The Balaban J connectivity index is 1.46. The van der Waals surface area contributed by atoms with Crippen molar-refractivity contribution in [3.8, 4) is 0 Å². The molecule has 0 N–H and O–H groups in total. The van der Waals surface area contributed by atoms with Gasteiger partial charge in [0.05, 0.1) is 5.56 Å². The Morgan fingerprint density at radius 2 is 1.64 bits per heavy atom. The van der Waals surface area contributed by atoms with E-state index in [4.69, 9.17) is 4.74 Å². The van der Waals surface area contributed by atoms with E-state index in [1.54, 1.807) is 4.90 Å². The molecule has 2 heterocycles. The predicted molar refractivity (Wildman–Crippen MR) is 90.9 cm³/mol. The quantitative estimate of drug-likeness (QED) is 0.468. The average Bonchev–Trinajstić information content (AvgIpc) is 2.67. The smallest absolute Gasteiger partial charge is 0.339 e. The largest absolute Gasteiger partial charge is 0.619 e. The van der Waals surface area contributed by atoms with Crippen LogP contribution in [0.25, 0.3) is 0 Å². The van der Waals surface area contributed by atoms with Crippen LogP contribution in [0.1, 0.15) is 10.4 Å². The predicted octanol–water partition coefficient (Wildman–Crippen LogP) is 0.826. The van der Waals surface area contributed by atoms with Gasteiger partial charge in [-0.25, -0.2) is 4.79 Å². The molecule has 0 radical (unpaired) electrons. The molecule has 0 bridgehead atoms. The average molecular weight is 341 g/mol. The minimum Gasteiger partial charge on any atom is -0.619 e. The molecule has 1 aliphatic rings. The fourth-order valence-electron chi connectivity index (χ4n) is 2.70. The number of nitrogens with zero attached hydrogens (tertiary/aromatic N) is 3. The van der Waals surface area contributed by atoms with Crippen molar-refractivity contribution in [1.82, 2.24) is 4.90 Å². The highest BCUT2D eigenvalue weighted by Crippen LogP contribution is 2.15. The molecule has 0 saturated carbocycles. The molecule has 0 aliphatic carbocycles. The molecular weight excluding hydrogens is 322 g/mol. The number of carbonyl (C=O) groups excluding carboxylic acids is 2. The molecular formula is C18H19N3O4. The maximum absolute atomic E-state index is 12.2. The number of esters is 1. The van der Waals surface area contributed by atoms with Crippen LogP contribution in [0, 0.1) is 5.21 Å². The number of ether oxygens (including phenoxy) is 1. The van der Waals surface area contributed by atoms with Gasteiger partial charge in [0.25, 0.3) is 5.91 Å². The summed E-state index contributed by atoms with van der Waals surface area (Å²) in [6, 6.07) is 12.8. The summed E-state index contributed by atoms with van der Waals surface area (Å²) in [7, 11) is 0. The van der Waals surface area contributed by atoms with Crippen LogP contribution < -0.4 is 9.63 Å². The molecule has 0 unspecified atom stereocenters. The van der Waals surface area contributed by atoms with Gasteiger partial charge in [0.15, 0.2) is 19.0 Å². The molecule has 3 rings (SSSR count). The van der Waals surface area contributed by atoms with Crippen LogP contribution in [0.15, 0.2) is 54.9 Å². The van der Waals surface area contributed by atoms with E-state index in [1.165, 1.54) is 24.5 Å². The summed E-state index contributed by atoms with van der Waals surface area (Å²) < 4.78 is 5.62. The first-order valence-electron chi connectivity index (χ1n) is 8.07. The van der Waals surface area contributed by atoms with E-state index in [1.807, 2.05) is 30.3 Å². The lowest BCUT2D eigenvalue weighted by molar-refractivity contribution is -0.605. The molecule has 1 fully saturated rings. The highest BCUT2D eigenvalue weighted by Gasteiger charge is 2.22. The molecule has 0 atom stereocenters. The number of para-hydroxylation sites is 1. The van der Waals surface area contributed by atoms with Crippen molar-refractivity contribution in [2.75, 3.05) is 37.7 Å². The van der Waals surface area contributed by atoms with Gasteiger partial charge in [-0.15, -0.1) is 0 Å². The lowest BCUT2D eigenvalue weighted by atomic mass is 10.2. The van der Waals surface area contributed by atoms with Crippen molar-refractivity contribution in [1.29, 1.82) is 0 Å². The Bertz CT molecular complexity index is 726. The van der Waals surface area contributed by atoms with Crippen LogP contribution in [0.2, 0.25) is 0 Å². The SMILES string of the molecule is O=C(OCC(=O)N1CCN(c2ccccc2)CC1)c1cc[n+]([O-])cc1. The number of hydrogen-bond acceptors (Lipinski definition) is 5. The van der Waals surface area contributed by atoms with E-state index in [-0.39, 0.29) is 18.1 Å². The normalized spacial score (nSPS) is 14.2. The van der Waals surface area contributed by atoms with E-state index in [2.05, 4.69) is 4.90 Å². The van der Waals surface area contributed by atoms with E-state index in [9.17, 15) is 14.8 Å². The minimum atomic E-state index is -0.614. The Morgan fingerprint density at radius 3 is 2.28 bits per heavy atom. The van der Waals surface area contributed by atoms with Gasteiger partial charge in [0.1, 0.15) is 0 Å². The van der Waals surface area contributed by atoms with E-state index in [0.717, 1.165) is 18.8 Å². The van der Waals surface area contributed by atoms with Crippen molar-refractivity contribution >= 4 is 17.6 Å². The molecule has 0 spiro atoms. The molecule has 25 heavy (non-hydrogen) atoms. The molecule has 1 amide bonds. The van der Waals surface area contributed by atoms with Crippen molar-refractivity contribution in [2.24, 2.45) is 0 Å². The molecule has 7 heteroatoms. The van der Waals surface area contributed by atoms with Crippen molar-refractivity contribution < 1.29 is 19.1 Å². The lowest BCUT2D eigenvalue weighted by Crippen LogP contribution is -2.49. The monoisotopic (exact) mass is 341 g/mol. The first kappa shape index (κ1) is 16.8. The highest BCUT2D eigenvalue weighted by atomic mass is 16.5. The summed E-state index contributed by atoms with van der Waals surface area (Å²) in [6.45, 7) is 2.37. The Morgan fingerprint density at radius 1 is 1.00 bits per heavy atom. The van der Waals surface area contributed by atoms with Crippen LogP contribution in [-0.2, 0) is 9.53 Å². The molecule has 1 aromatic carbocycles. The molecule has 130 valence electrons. The Hall–Kier alpha value is -3.09. The Kier molecular flexibility index (Phi) is 5.13. The van der Waals surface area contributed by atoms with Gasteiger partial charge in [0.2, 0.25) is 0 Å². The number of anilines is 1. The fourth-order valence-corrected chi connectivity index (χ4v) is 2.70. The van der Waals surface area contributed by atoms with Gasteiger partial charge >= 0.3 is 5.97 Å². The second kappa shape index (κ2) is 7.65. The van der Waals surface area contributed by atoms with Gasteiger partial charge in [-0.2, -0.15) is 4.73 Å².